The minimum atomic E-state index is -3.62. The highest BCUT2D eigenvalue weighted by Crippen LogP contribution is 2.38. The third-order valence-electron chi connectivity index (χ3n) is 3.75. The van der Waals surface area contributed by atoms with Crippen LogP contribution in [0.25, 0.3) is 22.2 Å². The first-order chi connectivity index (χ1) is 11.3. The molecule has 0 fully saturated rings. The van der Waals surface area contributed by atoms with E-state index in [-0.39, 0.29) is 11.5 Å². The topological polar surface area (TPSA) is 110 Å². The van der Waals surface area contributed by atoms with Crippen molar-refractivity contribution in [1.82, 2.24) is 3.97 Å². The highest BCUT2D eigenvalue weighted by molar-refractivity contribution is 7.89. The highest BCUT2D eigenvalue weighted by Gasteiger charge is 2.25. The van der Waals surface area contributed by atoms with Crippen molar-refractivity contribution in [1.29, 1.82) is 0 Å². The van der Waals surface area contributed by atoms with Crippen LogP contribution in [0.3, 0.4) is 0 Å². The monoisotopic (exact) mass is 349 g/mol. The number of aliphatic hydroxyl groups is 1. The summed E-state index contributed by atoms with van der Waals surface area (Å²) in [6.45, 7) is 1.04. The molecule has 0 aliphatic carbocycles. The number of aromatic hydroxyl groups is 1. The number of aromatic nitrogens is 1. The lowest BCUT2D eigenvalue weighted by atomic mass is 10.1. The van der Waals surface area contributed by atoms with E-state index in [4.69, 9.17) is 4.42 Å². The van der Waals surface area contributed by atoms with Gasteiger partial charge in [0.25, 0.3) is 0 Å². The zero-order valence-corrected chi connectivity index (χ0v) is 13.8. The van der Waals surface area contributed by atoms with Crippen LogP contribution in [0.4, 0.5) is 0 Å². The Morgan fingerprint density at radius 1 is 1.25 bits per heavy atom. The largest absolute Gasteiger partial charge is 0.502 e. The molecule has 0 bridgehead atoms. The third-order valence-corrected chi connectivity index (χ3v) is 4.88. The first-order valence-corrected chi connectivity index (χ1v) is 8.88. The third kappa shape index (κ3) is 2.40. The maximum absolute atomic E-state index is 12.2. The van der Waals surface area contributed by atoms with E-state index in [1.807, 2.05) is 0 Å². The second-order valence-electron chi connectivity index (χ2n) is 5.42. The van der Waals surface area contributed by atoms with E-state index >= 15 is 0 Å². The number of aliphatic hydroxyl groups excluding tert-OH is 1. The van der Waals surface area contributed by atoms with Crippen molar-refractivity contribution in [3.8, 4) is 17.1 Å². The van der Waals surface area contributed by atoms with E-state index in [0.29, 0.717) is 22.2 Å². The molecule has 0 unspecified atom stereocenters. The number of nitrogens with zero attached hydrogens (tertiary/aromatic N) is 1. The lowest BCUT2D eigenvalue weighted by Gasteiger charge is -2.07. The number of hydrogen-bond acceptors (Lipinski definition) is 6. The molecule has 0 atom stereocenters. The number of para-hydroxylation sites is 1. The van der Waals surface area contributed by atoms with Gasteiger partial charge in [-0.25, -0.2) is 12.4 Å². The maximum Gasteiger partial charge on any atom is 0.236 e. The molecule has 2 N–H and O–H groups in total. The molecular weight excluding hydrogens is 334 g/mol. The summed E-state index contributed by atoms with van der Waals surface area (Å²) >= 11 is 0. The Labute approximate surface area is 137 Å². The van der Waals surface area contributed by atoms with Crippen molar-refractivity contribution in [3.05, 3.63) is 52.0 Å². The lowest BCUT2D eigenvalue weighted by Crippen LogP contribution is -2.11. The molecule has 24 heavy (non-hydrogen) atoms. The average Bonchev–Trinajstić information content (AvgIpc) is 2.81. The van der Waals surface area contributed by atoms with Gasteiger partial charge in [-0.05, 0) is 13.0 Å². The van der Waals surface area contributed by atoms with Gasteiger partial charge >= 0.3 is 0 Å². The Morgan fingerprint density at radius 2 is 1.92 bits per heavy atom. The van der Waals surface area contributed by atoms with Crippen molar-refractivity contribution in [2.24, 2.45) is 0 Å². The first kappa shape index (κ1) is 16.3. The van der Waals surface area contributed by atoms with Crippen molar-refractivity contribution in [2.75, 3.05) is 6.26 Å². The van der Waals surface area contributed by atoms with E-state index in [1.165, 1.54) is 0 Å². The molecule has 1 aromatic carbocycles. The minimum Gasteiger partial charge on any atom is -0.502 e. The molecule has 0 radical (unpaired) electrons. The van der Waals surface area contributed by atoms with Crippen LogP contribution in [-0.2, 0) is 16.6 Å². The van der Waals surface area contributed by atoms with Gasteiger partial charge in [-0.15, -0.1) is 0 Å². The Morgan fingerprint density at radius 3 is 2.54 bits per heavy atom. The Balaban J connectivity index is 2.52. The lowest BCUT2D eigenvalue weighted by molar-refractivity contribution is 0.243. The van der Waals surface area contributed by atoms with Crippen LogP contribution in [0.5, 0.6) is 5.75 Å². The zero-order chi connectivity index (χ0) is 17.6. The van der Waals surface area contributed by atoms with Gasteiger partial charge in [0, 0.05) is 17.1 Å². The zero-order valence-electron chi connectivity index (χ0n) is 13.0. The van der Waals surface area contributed by atoms with E-state index in [0.717, 1.165) is 16.3 Å². The van der Waals surface area contributed by atoms with Crippen LogP contribution < -0.4 is 5.43 Å². The van der Waals surface area contributed by atoms with Gasteiger partial charge in [0.15, 0.2) is 5.76 Å². The molecule has 8 heteroatoms. The van der Waals surface area contributed by atoms with E-state index in [9.17, 15) is 23.4 Å². The van der Waals surface area contributed by atoms with Crippen molar-refractivity contribution >= 4 is 20.9 Å². The van der Waals surface area contributed by atoms with Crippen LogP contribution in [0.15, 0.2) is 39.5 Å². The molecule has 0 amide bonds. The minimum absolute atomic E-state index is 0.0246. The molecule has 0 saturated heterocycles. The molecule has 3 rings (SSSR count). The summed E-state index contributed by atoms with van der Waals surface area (Å²) < 4.78 is 30.9. The fourth-order valence-corrected chi connectivity index (χ4v) is 3.94. The normalized spacial score (nSPS) is 12.0. The first-order valence-electron chi connectivity index (χ1n) is 7.03. The van der Waals surface area contributed by atoms with Gasteiger partial charge in [-0.3, -0.25) is 4.79 Å². The van der Waals surface area contributed by atoms with Crippen LogP contribution >= 0.6 is 0 Å². The number of rotatable bonds is 3. The van der Waals surface area contributed by atoms with E-state index in [1.54, 1.807) is 31.2 Å². The summed E-state index contributed by atoms with van der Waals surface area (Å²) in [6.07, 6.45) is 1.07. The van der Waals surface area contributed by atoms with Crippen LogP contribution in [0.2, 0.25) is 0 Å². The number of fused-ring (bicyclic) bond motifs is 1. The van der Waals surface area contributed by atoms with Gasteiger partial charge in [0.1, 0.15) is 12.4 Å². The summed E-state index contributed by atoms with van der Waals surface area (Å²) in [4.78, 5) is 11.9. The molecule has 0 aliphatic heterocycles. The SMILES string of the molecule is Cc1c(-c2oc(CO)cc(=O)c2O)c2ccccc2n1S(C)(=O)=O. The van der Waals surface area contributed by atoms with Crippen molar-refractivity contribution in [2.45, 2.75) is 13.5 Å². The van der Waals surface area contributed by atoms with Gasteiger partial charge in [0.05, 0.1) is 17.3 Å². The quantitative estimate of drug-likeness (QED) is 0.743. The molecular formula is C16H15NO6S. The molecule has 0 aliphatic rings. The van der Waals surface area contributed by atoms with Crippen LogP contribution in [0.1, 0.15) is 11.5 Å². The predicted octanol–water partition coefficient (Wildman–Crippen LogP) is 1.58. The van der Waals surface area contributed by atoms with Crippen molar-refractivity contribution in [3.63, 3.8) is 0 Å². The Kier molecular flexibility index (Phi) is 3.73. The summed E-state index contributed by atoms with van der Waals surface area (Å²) in [5.74, 6) is -0.822. The summed E-state index contributed by atoms with van der Waals surface area (Å²) in [5, 5.41) is 19.9. The maximum atomic E-state index is 12.2. The van der Waals surface area contributed by atoms with E-state index in [2.05, 4.69) is 0 Å². The predicted molar refractivity (Wildman–Crippen MR) is 88.5 cm³/mol. The summed E-state index contributed by atoms with van der Waals surface area (Å²) in [5.41, 5.74) is 0.285. The molecule has 126 valence electrons. The van der Waals surface area contributed by atoms with Gasteiger partial charge < -0.3 is 14.6 Å². The molecule has 7 nitrogen and oxygen atoms in total. The summed E-state index contributed by atoms with van der Waals surface area (Å²) in [7, 11) is -3.62. The average molecular weight is 349 g/mol. The second kappa shape index (κ2) is 5.50. The van der Waals surface area contributed by atoms with Crippen LogP contribution in [-0.4, -0.2) is 28.9 Å². The number of benzene rings is 1. The van der Waals surface area contributed by atoms with Gasteiger partial charge in [0.2, 0.25) is 21.2 Å². The Hall–Kier alpha value is -2.58. The van der Waals surface area contributed by atoms with Crippen LogP contribution in [0, 0.1) is 6.92 Å². The molecule has 2 aromatic heterocycles. The molecule has 2 heterocycles. The number of hydrogen-bond donors (Lipinski definition) is 2. The highest BCUT2D eigenvalue weighted by atomic mass is 32.2. The van der Waals surface area contributed by atoms with Gasteiger partial charge in [-0.2, -0.15) is 0 Å². The Bertz CT molecular complexity index is 1110. The molecule has 0 saturated carbocycles. The fraction of sp³-hybridized carbons (Fsp3) is 0.188. The second-order valence-corrected chi connectivity index (χ2v) is 7.25. The van der Waals surface area contributed by atoms with Gasteiger partial charge in [-0.1, -0.05) is 18.2 Å². The van der Waals surface area contributed by atoms with E-state index < -0.39 is 27.8 Å². The fourth-order valence-electron chi connectivity index (χ4n) is 2.84. The summed E-state index contributed by atoms with van der Waals surface area (Å²) in [6, 6.07) is 7.68. The smallest absolute Gasteiger partial charge is 0.236 e. The molecule has 0 spiro atoms. The standard InChI is InChI=1S/C16H15NO6S/c1-9-14(16-15(20)13(19)7-10(8-18)23-16)11-5-3-4-6-12(11)17(9)24(2,21)22/h3-7,18,20H,8H2,1-2H3. The molecule has 3 aromatic rings. The van der Waals surface area contributed by atoms with Crippen molar-refractivity contribution < 1.29 is 23.0 Å².